The second-order valence-electron chi connectivity index (χ2n) is 5.99. The Bertz CT molecular complexity index is 853. The average molecular weight is 378 g/mol. The fraction of sp³-hybridized carbons (Fsp3) is 0.235. The van der Waals surface area contributed by atoms with Crippen LogP contribution in [0.1, 0.15) is 18.1 Å². The summed E-state index contributed by atoms with van der Waals surface area (Å²) >= 11 is 7.52. The van der Waals surface area contributed by atoms with Gasteiger partial charge in [-0.25, -0.2) is 4.79 Å². The average Bonchev–Trinajstić information content (AvgIpc) is 3.15. The number of hydrogen-bond acceptors (Lipinski definition) is 4. The number of carbonyl (C=O) groups is 3. The highest BCUT2D eigenvalue weighted by atomic mass is 35.5. The fourth-order valence-electron chi connectivity index (χ4n) is 2.64. The Morgan fingerprint density at radius 1 is 1.36 bits per heavy atom. The standard InChI is InChI=1S/C17H16ClN3O3S/c1-10-3-4-13(12(18)7-10)19-14(22)8-21-15(23)17(2,20-16(21)24)11-5-6-25-9-11/h3-7,9H,8H2,1-2H3,(H,19,22)(H,20,24)/t17-/m0/s1. The zero-order valence-corrected chi connectivity index (χ0v) is 15.2. The van der Waals surface area contributed by atoms with E-state index in [1.54, 1.807) is 30.5 Å². The van der Waals surface area contributed by atoms with Crippen LogP contribution < -0.4 is 10.6 Å². The number of anilines is 1. The maximum Gasteiger partial charge on any atom is 0.325 e. The van der Waals surface area contributed by atoms with Crippen LogP contribution >= 0.6 is 22.9 Å². The van der Waals surface area contributed by atoms with Crippen molar-refractivity contribution in [2.45, 2.75) is 19.4 Å². The number of aryl methyl sites for hydroxylation is 1. The number of nitrogens with one attached hydrogen (secondary N) is 2. The number of carbonyl (C=O) groups excluding carboxylic acids is 3. The van der Waals surface area contributed by atoms with E-state index in [1.165, 1.54) is 11.3 Å². The molecule has 130 valence electrons. The molecule has 1 aliphatic rings. The van der Waals surface area contributed by atoms with E-state index in [9.17, 15) is 14.4 Å². The van der Waals surface area contributed by atoms with E-state index in [4.69, 9.17) is 11.6 Å². The molecule has 1 atom stereocenters. The van der Waals surface area contributed by atoms with Crippen molar-refractivity contribution in [3.63, 3.8) is 0 Å². The van der Waals surface area contributed by atoms with Crippen LogP contribution in [0.15, 0.2) is 35.0 Å². The van der Waals surface area contributed by atoms with Crippen molar-refractivity contribution < 1.29 is 14.4 Å². The van der Waals surface area contributed by atoms with Crippen molar-refractivity contribution in [1.29, 1.82) is 0 Å². The predicted molar refractivity (Wildman–Crippen MR) is 96.7 cm³/mol. The monoisotopic (exact) mass is 377 g/mol. The molecule has 0 radical (unpaired) electrons. The van der Waals surface area contributed by atoms with Crippen LogP contribution in [0, 0.1) is 6.92 Å². The Labute approximate surface area is 153 Å². The molecule has 0 spiro atoms. The number of rotatable bonds is 4. The molecule has 1 fully saturated rings. The summed E-state index contributed by atoms with van der Waals surface area (Å²) in [5.41, 5.74) is 0.938. The third kappa shape index (κ3) is 3.25. The molecule has 1 saturated heterocycles. The number of amides is 4. The molecule has 3 rings (SSSR count). The lowest BCUT2D eigenvalue weighted by Crippen LogP contribution is -2.41. The van der Waals surface area contributed by atoms with Crippen LogP contribution in [-0.2, 0) is 15.1 Å². The topological polar surface area (TPSA) is 78.5 Å². The second kappa shape index (κ2) is 6.50. The molecule has 0 unspecified atom stereocenters. The largest absolute Gasteiger partial charge is 0.325 e. The van der Waals surface area contributed by atoms with E-state index < -0.39 is 23.4 Å². The molecule has 0 bridgehead atoms. The summed E-state index contributed by atoms with van der Waals surface area (Å²) < 4.78 is 0. The predicted octanol–water partition coefficient (Wildman–Crippen LogP) is 3.12. The minimum Gasteiger partial charge on any atom is -0.323 e. The number of urea groups is 1. The van der Waals surface area contributed by atoms with Crippen molar-refractivity contribution in [3.8, 4) is 0 Å². The third-order valence-corrected chi connectivity index (χ3v) is 5.07. The first-order valence-corrected chi connectivity index (χ1v) is 8.86. The number of halogens is 1. The van der Waals surface area contributed by atoms with E-state index in [-0.39, 0.29) is 6.54 Å². The number of hydrogen-bond donors (Lipinski definition) is 2. The maximum absolute atomic E-state index is 12.7. The van der Waals surface area contributed by atoms with Crippen molar-refractivity contribution in [2.75, 3.05) is 11.9 Å². The lowest BCUT2D eigenvalue weighted by Gasteiger charge is -2.20. The van der Waals surface area contributed by atoms with E-state index in [2.05, 4.69) is 10.6 Å². The zero-order valence-electron chi connectivity index (χ0n) is 13.6. The summed E-state index contributed by atoms with van der Waals surface area (Å²) in [5.74, 6) is -0.954. The van der Waals surface area contributed by atoms with Gasteiger partial charge in [-0.15, -0.1) is 0 Å². The Hall–Kier alpha value is -2.38. The van der Waals surface area contributed by atoms with E-state index in [0.29, 0.717) is 16.3 Å². The molecule has 1 aromatic carbocycles. The molecule has 2 N–H and O–H groups in total. The van der Waals surface area contributed by atoms with Gasteiger partial charge >= 0.3 is 6.03 Å². The van der Waals surface area contributed by atoms with E-state index in [0.717, 1.165) is 10.5 Å². The third-order valence-electron chi connectivity index (χ3n) is 4.07. The van der Waals surface area contributed by atoms with Crippen LogP contribution in [0.2, 0.25) is 5.02 Å². The van der Waals surface area contributed by atoms with Crippen LogP contribution in [0.5, 0.6) is 0 Å². The van der Waals surface area contributed by atoms with Crippen molar-refractivity contribution in [2.24, 2.45) is 0 Å². The molecule has 1 aromatic heterocycles. The van der Waals surface area contributed by atoms with Crippen molar-refractivity contribution in [3.05, 3.63) is 51.2 Å². The SMILES string of the molecule is Cc1ccc(NC(=O)CN2C(=O)N[C@@](C)(c3ccsc3)C2=O)c(Cl)c1. The van der Waals surface area contributed by atoms with Crippen LogP contribution in [0.4, 0.5) is 10.5 Å². The van der Waals surface area contributed by atoms with Gasteiger partial charge in [-0.2, -0.15) is 11.3 Å². The Kier molecular flexibility index (Phi) is 4.53. The number of thiophene rings is 1. The first-order valence-electron chi connectivity index (χ1n) is 7.54. The first kappa shape index (κ1) is 17.4. The molecule has 0 aliphatic carbocycles. The summed E-state index contributed by atoms with van der Waals surface area (Å²) in [4.78, 5) is 38.0. The summed E-state index contributed by atoms with van der Waals surface area (Å²) in [6.45, 7) is 3.13. The zero-order chi connectivity index (χ0) is 18.2. The highest BCUT2D eigenvalue weighted by molar-refractivity contribution is 7.08. The fourth-order valence-corrected chi connectivity index (χ4v) is 3.69. The van der Waals surface area contributed by atoms with Gasteiger partial charge in [-0.05, 0) is 53.9 Å². The molecule has 2 heterocycles. The Morgan fingerprint density at radius 3 is 2.76 bits per heavy atom. The lowest BCUT2D eigenvalue weighted by molar-refractivity contribution is -0.133. The van der Waals surface area contributed by atoms with Gasteiger partial charge in [0.05, 0.1) is 10.7 Å². The second-order valence-corrected chi connectivity index (χ2v) is 7.18. The molecule has 2 aromatic rings. The highest BCUT2D eigenvalue weighted by Crippen LogP contribution is 2.30. The van der Waals surface area contributed by atoms with E-state index >= 15 is 0 Å². The normalized spacial score (nSPS) is 19.9. The van der Waals surface area contributed by atoms with Crippen LogP contribution in [-0.4, -0.2) is 29.3 Å². The van der Waals surface area contributed by atoms with Crippen LogP contribution in [0.3, 0.4) is 0 Å². The van der Waals surface area contributed by atoms with Gasteiger partial charge in [0.2, 0.25) is 5.91 Å². The van der Waals surface area contributed by atoms with Gasteiger partial charge in [-0.1, -0.05) is 17.7 Å². The molecule has 4 amide bonds. The summed E-state index contributed by atoms with van der Waals surface area (Å²) in [7, 11) is 0. The van der Waals surface area contributed by atoms with Gasteiger partial charge in [0.1, 0.15) is 12.1 Å². The van der Waals surface area contributed by atoms with Crippen LogP contribution in [0.25, 0.3) is 0 Å². The molecular weight excluding hydrogens is 362 g/mol. The number of benzene rings is 1. The van der Waals surface area contributed by atoms with Gasteiger partial charge in [0.15, 0.2) is 0 Å². The molecule has 8 heteroatoms. The minimum absolute atomic E-state index is 0.380. The van der Waals surface area contributed by atoms with Crippen molar-refractivity contribution in [1.82, 2.24) is 10.2 Å². The maximum atomic E-state index is 12.7. The summed E-state index contributed by atoms with van der Waals surface area (Å²) in [6.07, 6.45) is 0. The molecule has 0 saturated carbocycles. The molecular formula is C17H16ClN3O3S. The van der Waals surface area contributed by atoms with Gasteiger partial charge in [0.25, 0.3) is 5.91 Å². The quantitative estimate of drug-likeness (QED) is 0.803. The lowest BCUT2D eigenvalue weighted by atomic mass is 9.95. The van der Waals surface area contributed by atoms with E-state index in [1.807, 2.05) is 18.4 Å². The van der Waals surface area contributed by atoms with Gasteiger partial charge in [0, 0.05) is 0 Å². The minimum atomic E-state index is -1.15. The van der Waals surface area contributed by atoms with Gasteiger partial charge < -0.3 is 10.6 Å². The van der Waals surface area contributed by atoms with Crippen molar-refractivity contribution >= 4 is 46.5 Å². The van der Waals surface area contributed by atoms with Gasteiger partial charge in [-0.3, -0.25) is 14.5 Å². The number of nitrogens with zero attached hydrogens (tertiary/aromatic N) is 1. The Morgan fingerprint density at radius 2 is 2.12 bits per heavy atom. The smallest absolute Gasteiger partial charge is 0.323 e. The number of imide groups is 1. The first-order chi connectivity index (χ1) is 11.8. The summed E-state index contributed by atoms with van der Waals surface area (Å²) in [5, 5.41) is 9.31. The molecule has 6 nitrogen and oxygen atoms in total. The highest BCUT2D eigenvalue weighted by Gasteiger charge is 2.49. The Balaban J connectivity index is 1.73. The molecule has 25 heavy (non-hydrogen) atoms. The molecule has 1 aliphatic heterocycles. The summed E-state index contributed by atoms with van der Waals surface area (Å²) in [6, 6.07) is 6.39.